The number of rotatable bonds is 9. The molecule has 4 atom stereocenters. The van der Waals surface area contributed by atoms with E-state index in [1.165, 1.54) is 12.8 Å². The summed E-state index contributed by atoms with van der Waals surface area (Å²) in [7, 11) is 3.70. The maximum atomic E-state index is 13.4. The van der Waals surface area contributed by atoms with Crippen molar-refractivity contribution in [3.8, 4) is 0 Å². The Morgan fingerprint density at radius 2 is 2.03 bits per heavy atom. The third-order valence-electron chi connectivity index (χ3n) is 7.02. The topological polar surface area (TPSA) is 67.9 Å². The van der Waals surface area contributed by atoms with E-state index in [2.05, 4.69) is 44.1 Å². The van der Waals surface area contributed by atoms with Crippen molar-refractivity contribution in [1.29, 1.82) is 0 Å². The Balaban J connectivity index is 1.68. The largest absolute Gasteiger partial charge is 0.382 e. The zero-order valence-corrected chi connectivity index (χ0v) is 18.4. The van der Waals surface area contributed by atoms with Crippen LogP contribution in [0.3, 0.4) is 0 Å². The highest BCUT2D eigenvalue weighted by Crippen LogP contribution is 2.50. The Labute approximate surface area is 174 Å². The lowest BCUT2D eigenvalue weighted by atomic mass is 9.55. The molecule has 1 N–H and O–H groups in total. The predicted octanol–water partition coefficient (Wildman–Crippen LogP) is 2.41. The zero-order valence-electron chi connectivity index (χ0n) is 18.4. The summed E-state index contributed by atoms with van der Waals surface area (Å²) < 4.78 is 10.2. The Morgan fingerprint density at radius 3 is 2.69 bits per heavy atom. The van der Waals surface area contributed by atoms with Crippen LogP contribution >= 0.6 is 0 Å². The number of hydrogen-bond donors (Lipinski definition) is 1. The predicted molar refractivity (Wildman–Crippen MR) is 112 cm³/mol. The average molecular weight is 405 g/mol. The van der Waals surface area contributed by atoms with Crippen LogP contribution in [0.2, 0.25) is 0 Å². The zero-order chi connectivity index (χ0) is 21.2. The van der Waals surface area contributed by atoms with Crippen molar-refractivity contribution in [2.75, 3.05) is 40.5 Å². The molecular formula is C23H36N2O4. The highest BCUT2D eigenvalue weighted by molar-refractivity contribution is 5.90. The van der Waals surface area contributed by atoms with Gasteiger partial charge in [-0.05, 0) is 49.1 Å². The molecule has 0 aromatic carbocycles. The van der Waals surface area contributed by atoms with E-state index < -0.39 is 0 Å². The second-order valence-corrected chi connectivity index (χ2v) is 9.47. The minimum Gasteiger partial charge on any atom is -0.382 e. The van der Waals surface area contributed by atoms with Crippen LogP contribution in [0.5, 0.6) is 0 Å². The standard InChI is InChI=1S/C23H36N2O4/c1-15-21(25(4)13-16-6-7-16)22(27)18-9-8-17(12-19(18)23(15,2)3)24-20(26)14-29-11-10-28-5/h8-9,12,15-16,18-19,21H,6-7,10-11,13-14H2,1-5H3,(H,24,26)/t15-,18?,19?,21?/m0/s1. The molecule has 0 spiro atoms. The quantitative estimate of drug-likeness (QED) is 0.598. The molecule has 0 aromatic heterocycles. The lowest BCUT2D eigenvalue weighted by molar-refractivity contribution is -0.139. The van der Waals surface area contributed by atoms with E-state index in [0.717, 1.165) is 18.2 Å². The van der Waals surface area contributed by atoms with Crippen molar-refractivity contribution in [2.45, 2.75) is 39.7 Å². The molecule has 162 valence electrons. The lowest BCUT2D eigenvalue weighted by Crippen LogP contribution is -2.59. The summed E-state index contributed by atoms with van der Waals surface area (Å²) in [5, 5.41) is 2.91. The number of allylic oxidation sites excluding steroid dienone is 3. The third kappa shape index (κ3) is 4.98. The molecule has 0 saturated heterocycles. The van der Waals surface area contributed by atoms with E-state index in [1.807, 2.05) is 12.2 Å². The van der Waals surface area contributed by atoms with E-state index in [4.69, 9.17) is 9.47 Å². The van der Waals surface area contributed by atoms with Gasteiger partial charge in [-0.15, -0.1) is 0 Å². The highest BCUT2D eigenvalue weighted by Gasteiger charge is 2.53. The van der Waals surface area contributed by atoms with Crippen molar-refractivity contribution in [2.24, 2.45) is 29.1 Å². The first-order valence-corrected chi connectivity index (χ1v) is 10.8. The number of methoxy groups -OCH3 is 1. The molecule has 6 heteroatoms. The molecule has 2 fully saturated rings. The summed E-state index contributed by atoms with van der Waals surface area (Å²) in [6, 6.07) is -0.0461. The SMILES string of the molecule is COCCOCC(=O)NC1=CC2C(C=C1)C(=O)C(N(C)CC1CC1)[C@H](C)C2(C)C. The van der Waals surface area contributed by atoms with Crippen LogP contribution in [0.1, 0.15) is 33.6 Å². The van der Waals surface area contributed by atoms with E-state index in [-0.39, 0.29) is 41.7 Å². The first-order chi connectivity index (χ1) is 13.8. The van der Waals surface area contributed by atoms with E-state index in [1.54, 1.807) is 7.11 Å². The molecule has 2 saturated carbocycles. The third-order valence-corrected chi connectivity index (χ3v) is 7.02. The summed E-state index contributed by atoms with van der Waals surface area (Å²) in [5.74, 6) is 1.06. The maximum Gasteiger partial charge on any atom is 0.250 e. The summed E-state index contributed by atoms with van der Waals surface area (Å²) in [6.07, 6.45) is 8.51. The first-order valence-electron chi connectivity index (χ1n) is 10.8. The monoisotopic (exact) mass is 404 g/mol. The molecule has 3 aliphatic carbocycles. The van der Waals surface area contributed by atoms with Gasteiger partial charge in [-0.3, -0.25) is 14.5 Å². The number of ether oxygens (including phenoxy) is 2. The molecule has 0 aromatic rings. The average Bonchev–Trinajstić information content (AvgIpc) is 3.48. The Kier molecular flexibility index (Phi) is 6.97. The molecule has 29 heavy (non-hydrogen) atoms. The van der Waals surface area contributed by atoms with Gasteiger partial charge in [0.15, 0.2) is 5.78 Å². The smallest absolute Gasteiger partial charge is 0.250 e. The molecule has 0 bridgehead atoms. The van der Waals surface area contributed by atoms with Gasteiger partial charge in [-0.2, -0.15) is 0 Å². The van der Waals surface area contributed by atoms with E-state index in [9.17, 15) is 9.59 Å². The van der Waals surface area contributed by atoms with Crippen LogP contribution in [0, 0.1) is 29.1 Å². The minimum atomic E-state index is -0.189. The van der Waals surface area contributed by atoms with E-state index in [0.29, 0.717) is 19.0 Å². The molecule has 6 nitrogen and oxygen atoms in total. The molecule has 0 aliphatic heterocycles. The molecule has 0 radical (unpaired) electrons. The summed E-state index contributed by atoms with van der Waals surface area (Å²) in [6.45, 7) is 8.57. The Morgan fingerprint density at radius 1 is 1.31 bits per heavy atom. The number of hydrogen-bond acceptors (Lipinski definition) is 5. The molecule has 3 aliphatic rings. The number of ketones is 1. The lowest BCUT2D eigenvalue weighted by Gasteiger charge is -2.52. The molecule has 0 heterocycles. The fourth-order valence-electron chi connectivity index (χ4n) is 4.79. The van der Waals surface area contributed by atoms with Gasteiger partial charge in [-0.25, -0.2) is 0 Å². The summed E-state index contributed by atoms with van der Waals surface area (Å²) in [5.41, 5.74) is 0.695. The van der Waals surface area contributed by atoms with Gasteiger partial charge >= 0.3 is 0 Å². The number of amides is 1. The van der Waals surface area contributed by atoms with Crippen LogP contribution in [0.25, 0.3) is 0 Å². The van der Waals surface area contributed by atoms with Crippen molar-refractivity contribution in [1.82, 2.24) is 10.2 Å². The van der Waals surface area contributed by atoms with Crippen LogP contribution in [0.15, 0.2) is 23.9 Å². The fraction of sp³-hybridized carbons (Fsp3) is 0.739. The van der Waals surface area contributed by atoms with Gasteiger partial charge in [0.2, 0.25) is 5.91 Å². The van der Waals surface area contributed by atoms with E-state index >= 15 is 0 Å². The van der Waals surface area contributed by atoms with Crippen molar-refractivity contribution in [3.05, 3.63) is 23.9 Å². The van der Waals surface area contributed by atoms with Gasteiger partial charge in [-0.1, -0.05) is 32.9 Å². The Bertz CT molecular complexity index is 680. The van der Waals surface area contributed by atoms with Gasteiger partial charge in [0.25, 0.3) is 0 Å². The highest BCUT2D eigenvalue weighted by atomic mass is 16.5. The van der Waals surface area contributed by atoms with Gasteiger partial charge in [0.05, 0.1) is 19.3 Å². The van der Waals surface area contributed by atoms with Gasteiger partial charge < -0.3 is 14.8 Å². The van der Waals surface area contributed by atoms with Crippen LogP contribution < -0.4 is 5.32 Å². The molecule has 1 amide bonds. The number of likely N-dealkylation sites (N-methyl/N-ethyl adjacent to an activating group) is 1. The second kappa shape index (κ2) is 9.11. The molecule has 3 rings (SSSR count). The number of nitrogens with zero attached hydrogens (tertiary/aromatic N) is 1. The number of nitrogens with one attached hydrogen (secondary N) is 1. The second-order valence-electron chi connectivity index (χ2n) is 9.47. The number of carbonyl (C=O) groups excluding carboxylic acids is 2. The minimum absolute atomic E-state index is 0.00457. The van der Waals surface area contributed by atoms with Gasteiger partial charge in [0.1, 0.15) is 6.61 Å². The number of carbonyl (C=O) groups is 2. The van der Waals surface area contributed by atoms with Crippen molar-refractivity contribution >= 4 is 11.7 Å². The number of fused-ring (bicyclic) bond motifs is 1. The molecular weight excluding hydrogens is 368 g/mol. The van der Waals surface area contributed by atoms with Crippen molar-refractivity contribution in [3.63, 3.8) is 0 Å². The summed E-state index contributed by atoms with van der Waals surface area (Å²) in [4.78, 5) is 27.8. The maximum absolute atomic E-state index is 13.4. The Hall–Kier alpha value is -1.50. The van der Waals surface area contributed by atoms with Gasteiger partial charge in [0, 0.05) is 25.3 Å². The summed E-state index contributed by atoms with van der Waals surface area (Å²) >= 11 is 0. The number of Topliss-reactive ketones (excluding diaryl/α,β-unsaturated/α-hetero) is 1. The van der Waals surface area contributed by atoms with Crippen LogP contribution in [0.4, 0.5) is 0 Å². The fourth-order valence-corrected chi connectivity index (χ4v) is 4.79. The normalized spacial score (nSPS) is 30.8. The van der Waals surface area contributed by atoms with Crippen LogP contribution in [-0.2, 0) is 19.1 Å². The van der Waals surface area contributed by atoms with Crippen molar-refractivity contribution < 1.29 is 19.1 Å². The first kappa shape index (κ1) is 22.2. The molecule has 3 unspecified atom stereocenters. The van der Waals surface area contributed by atoms with Crippen LogP contribution in [-0.4, -0.2) is 63.2 Å².